The highest BCUT2D eigenvalue weighted by Crippen LogP contribution is 2.37. The second-order valence-corrected chi connectivity index (χ2v) is 7.80. The summed E-state index contributed by atoms with van der Waals surface area (Å²) < 4.78 is 0. The molecular formula is C19H22N3OS+. The van der Waals surface area contributed by atoms with Gasteiger partial charge in [0.2, 0.25) is 0 Å². The van der Waals surface area contributed by atoms with Gasteiger partial charge < -0.3 is 15.5 Å². The molecule has 2 aliphatic heterocycles. The van der Waals surface area contributed by atoms with Gasteiger partial charge in [0.05, 0.1) is 24.0 Å². The molecule has 4 rings (SSSR count). The van der Waals surface area contributed by atoms with Crippen LogP contribution in [0.15, 0.2) is 35.9 Å². The van der Waals surface area contributed by atoms with E-state index in [4.69, 9.17) is 0 Å². The summed E-state index contributed by atoms with van der Waals surface area (Å²) in [5.74, 6) is 0.0617. The molecule has 124 valence electrons. The minimum atomic E-state index is -0.143. The Labute approximate surface area is 146 Å². The first-order valence-electron chi connectivity index (χ1n) is 8.38. The third-order valence-electron chi connectivity index (χ3n) is 4.78. The largest absolute Gasteiger partial charge is 0.353 e. The summed E-state index contributed by atoms with van der Waals surface area (Å²) in [6.45, 7) is 4.17. The van der Waals surface area contributed by atoms with Gasteiger partial charge in [-0.2, -0.15) is 0 Å². The van der Waals surface area contributed by atoms with E-state index < -0.39 is 0 Å². The summed E-state index contributed by atoms with van der Waals surface area (Å²) in [5.41, 5.74) is 4.39. The van der Waals surface area contributed by atoms with Gasteiger partial charge in [0.15, 0.2) is 0 Å². The minimum Gasteiger partial charge on any atom is -0.353 e. The monoisotopic (exact) mass is 340 g/mol. The van der Waals surface area contributed by atoms with Crippen molar-refractivity contribution in [1.82, 2.24) is 5.32 Å². The van der Waals surface area contributed by atoms with Gasteiger partial charge in [0, 0.05) is 6.42 Å². The maximum atomic E-state index is 12.7. The molecule has 24 heavy (non-hydrogen) atoms. The summed E-state index contributed by atoms with van der Waals surface area (Å²) in [6, 6.07) is 10.2. The zero-order chi connectivity index (χ0) is 16.7. The average molecular weight is 340 g/mol. The molecule has 0 bridgehead atoms. The van der Waals surface area contributed by atoms with Gasteiger partial charge in [-0.1, -0.05) is 36.4 Å². The summed E-state index contributed by atoms with van der Waals surface area (Å²) >= 11 is 1.75. The Morgan fingerprint density at radius 2 is 2.08 bits per heavy atom. The van der Waals surface area contributed by atoms with Crippen molar-refractivity contribution in [3.63, 3.8) is 0 Å². The Hall–Kier alpha value is -2.11. The van der Waals surface area contributed by atoms with Crippen molar-refractivity contribution in [3.05, 3.63) is 57.5 Å². The number of carbonyl (C=O) groups excluding carboxylic acids is 1. The SMILES string of the molecule is CC(=Cc1ccccc1)[C@@H]1NC(=O)c2c(sc3c2CC[NH+](C)C3)N1. The Balaban J connectivity index is 1.63. The van der Waals surface area contributed by atoms with E-state index in [2.05, 4.69) is 42.8 Å². The molecule has 0 radical (unpaired) electrons. The predicted octanol–water partition coefficient (Wildman–Crippen LogP) is 1.90. The molecule has 3 N–H and O–H groups in total. The number of hydrogen-bond donors (Lipinski definition) is 3. The third-order valence-corrected chi connectivity index (χ3v) is 5.95. The summed E-state index contributed by atoms with van der Waals surface area (Å²) in [4.78, 5) is 15.6. The van der Waals surface area contributed by atoms with Crippen LogP contribution in [0, 0.1) is 0 Å². The normalized spacial score (nSPS) is 23.1. The maximum absolute atomic E-state index is 12.7. The van der Waals surface area contributed by atoms with Crippen LogP contribution in [0.1, 0.15) is 33.3 Å². The number of fused-ring (bicyclic) bond motifs is 3. The van der Waals surface area contributed by atoms with Crippen molar-refractivity contribution in [2.75, 3.05) is 18.9 Å². The van der Waals surface area contributed by atoms with E-state index in [1.807, 2.05) is 18.2 Å². The van der Waals surface area contributed by atoms with Crippen LogP contribution in [0.25, 0.3) is 6.08 Å². The highest BCUT2D eigenvalue weighted by atomic mass is 32.1. The summed E-state index contributed by atoms with van der Waals surface area (Å²) in [5, 5.41) is 7.68. The van der Waals surface area contributed by atoms with Crippen molar-refractivity contribution < 1.29 is 9.69 Å². The summed E-state index contributed by atoms with van der Waals surface area (Å²) in [6.07, 6.45) is 2.97. The zero-order valence-corrected chi connectivity index (χ0v) is 14.8. The molecule has 1 amide bonds. The molecule has 4 nitrogen and oxygen atoms in total. The molecular weight excluding hydrogens is 318 g/mol. The number of quaternary nitrogens is 1. The van der Waals surface area contributed by atoms with Crippen LogP contribution < -0.4 is 15.5 Å². The van der Waals surface area contributed by atoms with Crippen molar-refractivity contribution >= 4 is 28.3 Å². The molecule has 2 aromatic rings. The first kappa shape index (κ1) is 15.4. The standard InChI is InChI=1S/C19H21N3OS/c1-12(10-13-6-4-3-5-7-13)17-20-18(23)16-14-8-9-22(2)11-15(14)24-19(16)21-17/h3-7,10,17,21H,8-9,11H2,1-2H3,(H,20,23)/p+1/t17-/m1/s1. The molecule has 5 heteroatoms. The van der Waals surface area contributed by atoms with Crippen LogP contribution in [0.5, 0.6) is 0 Å². The van der Waals surface area contributed by atoms with Gasteiger partial charge >= 0.3 is 0 Å². The molecule has 3 heterocycles. The molecule has 1 unspecified atom stereocenters. The number of likely N-dealkylation sites (N-methyl/N-ethyl adjacent to an activating group) is 1. The zero-order valence-electron chi connectivity index (χ0n) is 14.0. The van der Waals surface area contributed by atoms with Gasteiger partial charge in [-0.3, -0.25) is 4.79 Å². The van der Waals surface area contributed by atoms with Crippen molar-refractivity contribution in [2.24, 2.45) is 0 Å². The molecule has 1 aromatic heterocycles. The summed E-state index contributed by atoms with van der Waals surface area (Å²) in [7, 11) is 2.21. The maximum Gasteiger partial charge on any atom is 0.256 e. The van der Waals surface area contributed by atoms with Crippen LogP contribution in [0.4, 0.5) is 5.00 Å². The van der Waals surface area contributed by atoms with Gasteiger partial charge in [-0.15, -0.1) is 11.3 Å². The Morgan fingerprint density at radius 3 is 2.88 bits per heavy atom. The highest BCUT2D eigenvalue weighted by Gasteiger charge is 2.33. The van der Waals surface area contributed by atoms with E-state index >= 15 is 0 Å². The molecule has 0 spiro atoms. The second-order valence-electron chi connectivity index (χ2n) is 6.69. The molecule has 0 fully saturated rings. The lowest BCUT2D eigenvalue weighted by Crippen LogP contribution is -3.08. The fourth-order valence-electron chi connectivity index (χ4n) is 3.46. The van der Waals surface area contributed by atoms with Gasteiger partial charge in [-0.25, -0.2) is 0 Å². The van der Waals surface area contributed by atoms with E-state index in [1.165, 1.54) is 15.3 Å². The second kappa shape index (κ2) is 6.07. The molecule has 1 aromatic carbocycles. The van der Waals surface area contributed by atoms with E-state index in [0.717, 1.165) is 41.2 Å². The number of hydrogen-bond acceptors (Lipinski definition) is 3. The lowest BCUT2D eigenvalue weighted by Gasteiger charge is -2.27. The highest BCUT2D eigenvalue weighted by molar-refractivity contribution is 7.16. The molecule has 2 aliphatic rings. The molecule has 0 aliphatic carbocycles. The van der Waals surface area contributed by atoms with Crippen molar-refractivity contribution in [2.45, 2.75) is 26.1 Å². The lowest BCUT2D eigenvalue weighted by molar-refractivity contribution is -0.895. The van der Waals surface area contributed by atoms with Crippen molar-refractivity contribution in [3.8, 4) is 0 Å². The number of rotatable bonds is 2. The number of nitrogens with one attached hydrogen (secondary N) is 3. The van der Waals surface area contributed by atoms with Crippen LogP contribution in [0.2, 0.25) is 0 Å². The predicted molar refractivity (Wildman–Crippen MR) is 98.5 cm³/mol. The van der Waals surface area contributed by atoms with E-state index in [9.17, 15) is 4.79 Å². The minimum absolute atomic E-state index is 0.0617. The molecule has 0 saturated carbocycles. The Kier molecular flexibility index (Phi) is 3.90. The quantitative estimate of drug-likeness (QED) is 0.782. The van der Waals surface area contributed by atoms with Gasteiger partial charge in [0.25, 0.3) is 5.91 Å². The van der Waals surface area contributed by atoms with Gasteiger partial charge in [0.1, 0.15) is 17.7 Å². The number of amides is 1. The number of benzene rings is 1. The van der Waals surface area contributed by atoms with E-state index in [0.29, 0.717) is 0 Å². The fraction of sp³-hybridized carbons (Fsp3) is 0.316. The molecule has 2 atom stereocenters. The fourth-order valence-corrected chi connectivity index (χ4v) is 4.84. The first-order valence-corrected chi connectivity index (χ1v) is 9.20. The molecule has 0 saturated heterocycles. The first-order chi connectivity index (χ1) is 11.6. The van der Waals surface area contributed by atoms with Crippen LogP contribution >= 0.6 is 11.3 Å². The lowest BCUT2D eigenvalue weighted by atomic mass is 10.0. The van der Waals surface area contributed by atoms with Gasteiger partial charge in [-0.05, 0) is 23.6 Å². The smallest absolute Gasteiger partial charge is 0.256 e. The topological polar surface area (TPSA) is 45.6 Å². The van der Waals surface area contributed by atoms with Crippen molar-refractivity contribution in [1.29, 1.82) is 0 Å². The number of anilines is 1. The number of thiophene rings is 1. The Bertz CT molecular complexity index is 810. The number of carbonyl (C=O) groups is 1. The third kappa shape index (κ3) is 2.74. The van der Waals surface area contributed by atoms with Crippen LogP contribution in [-0.2, 0) is 13.0 Å². The van der Waals surface area contributed by atoms with E-state index in [-0.39, 0.29) is 12.1 Å². The van der Waals surface area contributed by atoms with E-state index in [1.54, 1.807) is 11.3 Å². The Morgan fingerprint density at radius 1 is 1.29 bits per heavy atom. The van der Waals surface area contributed by atoms with Crippen LogP contribution in [0.3, 0.4) is 0 Å². The average Bonchev–Trinajstić information content (AvgIpc) is 2.93. The van der Waals surface area contributed by atoms with Crippen LogP contribution in [-0.4, -0.2) is 25.7 Å².